The van der Waals surface area contributed by atoms with E-state index < -0.39 is 29.6 Å². The van der Waals surface area contributed by atoms with E-state index in [2.05, 4.69) is 4.74 Å². The van der Waals surface area contributed by atoms with Crippen LogP contribution < -0.4 is 0 Å². The molecule has 0 saturated carbocycles. The van der Waals surface area contributed by atoms with Crippen molar-refractivity contribution in [2.24, 2.45) is 11.8 Å². The topological polar surface area (TPSA) is 78.9 Å². The van der Waals surface area contributed by atoms with Gasteiger partial charge in [0.25, 0.3) is 5.79 Å². The van der Waals surface area contributed by atoms with Crippen molar-refractivity contribution in [3.63, 3.8) is 0 Å². The molecule has 6 heteroatoms. The zero-order valence-electron chi connectivity index (χ0n) is 10.6. The highest BCUT2D eigenvalue weighted by atomic mass is 16.7. The molecule has 0 unspecified atom stereocenters. The van der Waals surface area contributed by atoms with Gasteiger partial charge in [0.05, 0.1) is 13.0 Å². The van der Waals surface area contributed by atoms with E-state index in [1.165, 1.54) is 21.0 Å². The molecule has 0 amide bonds. The standard InChI is InChI=1S/C12H14O6/c1-5(13)7-6(2)17-12(3)9(7)8(10(14)16-4)11(15)18-12/h8-9H,1-4H3/t8-,9+,12-/m1/s1. The Morgan fingerprint density at radius 3 is 2.44 bits per heavy atom. The van der Waals surface area contributed by atoms with Crippen molar-refractivity contribution >= 4 is 17.7 Å². The minimum atomic E-state index is -1.29. The Labute approximate surface area is 104 Å². The van der Waals surface area contributed by atoms with Crippen LogP contribution in [0.5, 0.6) is 0 Å². The first-order chi connectivity index (χ1) is 8.31. The van der Waals surface area contributed by atoms with Gasteiger partial charge in [0.1, 0.15) is 5.76 Å². The first-order valence-electron chi connectivity index (χ1n) is 5.53. The second-order valence-electron chi connectivity index (χ2n) is 4.54. The van der Waals surface area contributed by atoms with E-state index in [0.29, 0.717) is 11.3 Å². The molecule has 0 aromatic carbocycles. The van der Waals surface area contributed by atoms with Crippen LogP contribution in [0.25, 0.3) is 0 Å². The first kappa shape index (κ1) is 12.6. The number of carbonyl (C=O) groups is 3. The average Bonchev–Trinajstić information content (AvgIpc) is 2.62. The molecule has 2 aliphatic heterocycles. The number of hydrogen-bond acceptors (Lipinski definition) is 6. The van der Waals surface area contributed by atoms with Crippen LogP contribution in [-0.2, 0) is 28.6 Å². The third-order valence-corrected chi connectivity index (χ3v) is 3.34. The number of ether oxygens (including phenoxy) is 3. The number of hydrogen-bond donors (Lipinski definition) is 0. The molecular weight excluding hydrogens is 240 g/mol. The van der Waals surface area contributed by atoms with Crippen LogP contribution in [0, 0.1) is 11.8 Å². The minimum absolute atomic E-state index is 0.242. The summed E-state index contributed by atoms with van der Waals surface area (Å²) in [4.78, 5) is 35.1. The molecular formula is C12H14O6. The number of allylic oxidation sites excluding steroid dienone is 1. The molecule has 1 saturated heterocycles. The van der Waals surface area contributed by atoms with E-state index in [0.717, 1.165) is 0 Å². The first-order valence-corrected chi connectivity index (χ1v) is 5.53. The normalized spacial score (nSPS) is 33.9. The van der Waals surface area contributed by atoms with E-state index in [1.54, 1.807) is 6.92 Å². The number of ketones is 1. The number of Topliss-reactive ketones (excluding diaryl/α,β-unsaturated/α-hetero) is 1. The molecule has 18 heavy (non-hydrogen) atoms. The van der Waals surface area contributed by atoms with Crippen LogP contribution in [0.15, 0.2) is 11.3 Å². The smallest absolute Gasteiger partial charge is 0.324 e. The maximum Gasteiger partial charge on any atom is 0.324 e. The summed E-state index contributed by atoms with van der Waals surface area (Å²) in [6.45, 7) is 4.52. The Balaban J connectivity index is 2.50. The van der Waals surface area contributed by atoms with Crippen LogP contribution in [0.4, 0.5) is 0 Å². The quantitative estimate of drug-likeness (QED) is 0.529. The molecule has 2 rings (SSSR count). The summed E-state index contributed by atoms with van der Waals surface area (Å²) in [5, 5.41) is 0. The molecule has 98 valence electrons. The summed E-state index contributed by atoms with van der Waals surface area (Å²) in [6, 6.07) is 0. The van der Waals surface area contributed by atoms with Crippen molar-refractivity contribution < 1.29 is 28.6 Å². The van der Waals surface area contributed by atoms with Gasteiger partial charge in [-0.1, -0.05) is 0 Å². The molecule has 6 nitrogen and oxygen atoms in total. The van der Waals surface area contributed by atoms with Gasteiger partial charge in [-0.25, -0.2) is 0 Å². The van der Waals surface area contributed by atoms with Crippen LogP contribution in [0.1, 0.15) is 20.8 Å². The van der Waals surface area contributed by atoms with Gasteiger partial charge in [-0.15, -0.1) is 0 Å². The predicted molar refractivity (Wildman–Crippen MR) is 58.0 cm³/mol. The molecule has 2 heterocycles. The van der Waals surface area contributed by atoms with Gasteiger partial charge < -0.3 is 14.2 Å². The van der Waals surface area contributed by atoms with Crippen molar-refractivity contribution in [3.8, 4) is 0 Å². The fourth-order valence-corrected chi connectivity index (χ4v) is 2.68. The summed E-state index contributed by atoms with van der Waals surface area (Å²) in [7, 11) is 1.19. The molecule has 0 aromatic heterocycles. The zero-order valence-corrected chi connectivity index (χ0v) is 10.6. The molecule has 0 radical (unpaired) electrons. The van der Waals surface area contributed by atoms with Crippen LogP contribution in [0.2, 0.25) is 0 Å². The molecule has 1 fully saturated rings. The van der Waals surface area contributed by atoms with Gasteiger partial charge in [0, 0.05) is 12.5 Å². The average molecular weight is 254 g/mol. The Kier molecular flexibility index (Phi) is 2.68. The summed E-state index contributed by atoms with van der Waals surface area (Å²) < 4.78 is 15.1. The van der Waals surface area contributed by atoms with Crippen molar-refractivity contribution in [1.82, 2.24) is 0 Å². The highest BCUT2D eigenvalue weighted by Gasteiger charge is 2.64. The summed E-state index contributed by atoms with van der Waals surface area (Å²) in [6.07, 6.45) is 0. The van der Waals surface area contributed by atoms with E-state index in [1.807, 2.05) is 0 Å². The highest BCUT2D eigenvalue weighted by molar-refractivity contribution is 6.02. The highest BCUT2D eigenvalue weighted by Crippen LogP contribution is 2.50. The third kappa shape index (κ3) is 1.52. The van der Waals surface area contributed by atoms with Crippen molar-refractivity contribution in [2.45, 2.75) is 26.6 Å². The lowest BCUT2D eigenvalue weighted by Crippen LogP contribution is -2.35. The molecule has 2 aliphatic rings. The molecule has 0 aliphatic carbocycles. The lowest BCUT2D eigenvalue weighted by Gasteiger charge is -2.23. The Bertz CT molecular complexity index is 477. The second kappa shape index (κ2) is 3.83. The fourth-order valence-electron chi connectivity index (χ4n) is 2.68. The monoisotopic (exact) mass is 254 g/mol. The summed E-state index contributed by atoms with van der Waals surface area (Å²) in [5.41, 5.74) is 0.318. The lowest BCUT2D eigenvalue weighted by molar-refractivity contribution is -0.188. The number of carbonyl (C=O) groups excluding carboxylic acids is 3. The van der Waals surface area contributed by atoms with Crippen LogP contribution in [-0.4, -0.2) is 30.6 Å². The van der Waals surface area contributed by atoms with Gasteiger partial charge in [-0.2, -0.15) is 0 Å². The van der Waals surface area contributed by atoms with E-state index in [9.17, 15) is 14.4 Å². The number of methoxy groups -OCH3 is 1. The Morgan fingerprint density at radius 2 is 1.94 bits per heavy atom. The SMILES string of the molecule is COC(=O)[C@@H]1C(=O)O[C@@]2(C)OC(C)=C(C(C)=O)[C@@H]12. The lowest BCUT2D eigenvalue weighted by atomic mass is 9.82. The van der Waals surface area contributed by atoms with E-state index in [-0.39, 0.29) is 5.78 Å². The molecule has 0 spiro atoms. The van der Waals surface area contributed by atoms with Gasteiger partial charge in [0.15, 0.2) is 11.7 Å². The van der Waals surface area contributed by atoms with E-state index >= 15 is 0 Å². The van der Waals surface area contributed by atoms with Crippen molar-refractivity contribution in [1.29, 1.82) is 0 Å². The molecule has 0 bridgehead atoms. The molecule has 0 N–H and O–H groups in total. The van der Waals surface area contributed by atoms with Gasteiger partial charge in [-0.05, 0) is 13.8 Å². The van der Waals surface area contributed by atoms with Crippen molar-refractivity contribution in [2.75, 3.05) is 7.11 Å². The third-order valence-electron chi connectivity index (χ3n) is 3.34. The second-order valence-corrected chi connectivity index (χ2v) is 4.54. The van der Waals surface area contributed by atoms with Crippen LogP contribution in [0.3, 0.4) is 0 Å². The van der Waals surface area contributed by atoms with E-state index in [4.69, 9.17) is 9.47 Å². The largest absolute Gasteiger partial charge is 0.468 e. The van der Waals surface area contributed by atoms with Gasteiger partial charge in [-0.3, -0.25) is 14.4 Å². The fraction of sp³-hybridized carbons (Fsp3) is 0.583. The molecule has 3 atom stereocenters. The Hall–Kier alpha value is -1.85. The minimum Gasteiger partial charge on any atom is -0.468 e. The summed E-state index contributed by atoms with van der Waals surface area (Å²) >= 11 is 0. The van der Waals surface area contributed by atoms with Crippen molar-refractivity contribution in [3.05, 3.63) is 11.3 Å². The molecule has 0 aromatic rings. The number of rotatable bonds is 2. The maximum absolute atomic E-state index is 11.7. The van der Waals surface area contributed by atoms with Gasteiger partial charge in [0.2, 0.25) is 0 Å². The summed E-state index contributed by atoms with van der Waals surface area (Å²) in [5.74, 6) is -4.47. The van der Waals surface area contributed by atoms with Crippen LogP contribution >= 0.6 is 0 Å². The predicted octanol–water partition coefficient (Wildman–Crippen LogP) is 0.558. The zero-order chi connectivity index (χ0) is 13.7. The maximum atomic E-state index is 11.7. The number of fused-ring (bicyclic) bond motifs is 1. The van der Waals surface area contributed by atoms with Gasteiger partial charge >= 0.3 is 11.9 Å². The number of esters is 2. The Morgan fingerprint density at radius 1 is 1.33 bits per heavy atom.